The van der Waals surface area contributed by atoms with Gasteiger partial charge in [-0.05, 0) is 38.1 Å². The van der Waals surface area contributed by atoms with Gasteiger partial charge in [0.2, 0.25) is 5.91 Å². The molecule has 0 bridgehead atoms. The average Bonchev–Trinajstić information content (AvgIpc) is 2.73. The normalized spacial score (nSPS) is 17.3. The molecule has 1 aromatic rings. The van der Waals surface area contributed by atoms with Crippen LogP contribution in [0, 0.1) is 5.92 Å². The minimum atomic E-state index is 0.172. The fraction of sp³-hybridized carbons (Fsp3) is 0.545. The van der Waals surface area contributed by atoms with Crippen LogP contribution in [0.4, 0.5) is 0 Å². The molecule has 2 N–H and O–H groups in total. The molecule has 2 heterocycles. The summed E-state index contributed by atoms with van der Waals surface area (Å²) in [5.41, 5.74) is 0. The SMILES string of the molecule is O=C(NCc1ccc(Cl)s1)C1CCNCC1. The summed E-state index contributed by atoms with van der Waals surface area (Å²) >= 11 is 7.34. The summed E-state index contributed by atoms with van der Waals surface area (Å²) in [5.74, 6) is 0.350. The second-order valence-corrected chi connectivity index (χ2v) is 5.75. The van der Waals surface area contributed by atoms with Crippen LogP contribution in [-0.2, 0) is 11.3 Å². The van der Waals surface area contributed by atoms with Crippen LogP contribution in [0.15, 0.2) is 12.1 Å². The molecule has 3 nitrogen and oxygen atoms in total. The summed E-state index contributed by atoms with van der Waals surface area (Å²) in [6.45, 7) is 2.49. The Morgan fingerprint density at radius 1 is 1.50 bits per heavy atom. The van der Waals surface area contributed by atoms with Gasteiger partial charge in [-0.3, -0.25) is 4.79 Å². The maximum absolute atomic E-state index is 11.8. The first-order chi connectivity index (χ1) is 7.75. The van der Waals surface area contributed by atoms with Crippen LogP contribution in [0.5, 0.6) is 0 Å². The van der Waals surface area contributed by atoms with E-state index in [9.17, 15) is 4.79 Å². The number of halogens is 1. The zero-order valence-corrected chi connectivity index (χ0v) is 10.5. The van der Waals surface area contributed by atoms with Crippen molar-refractivity contribution < 1.29 is 4.79 Å². The topological polar surface area (TPSA) is 41.1 Å². The van der Waals surface area contributed by atoms with E-state index in [1.807, 2.05) is 12.1 Å². The molecular weight excluding hydrogens is 244 g/mol. The maximum atomic E-state index is 11.8. The Bertz CT molecular complexity index is 361. The summed E-state index contributed by atoms with van der Waals surface area (Å²) in [7, 11) is 0. The molecule has 1 fully saturated rings. The van der Waals surface area contributed by atoms with Crippen molar-refractivity contribution in [2.75, 3.05) is 13.1 Å². The second kappa shape index (κ2) is 5.66. The number of piperidine rings is 1. The lowest BCUT2D eigenvalue weighted by atomic mass is 9.97. The summed E-state index contributed by atoms with van der Waals surface area (Å²) in [5, 5.41) is 6.22. The van der Waals surface area contributed by atoms with E-state index < -0.39 is 0 Å². The molecule has 1 saturated heterocycles. The Morgan fingerprint density at radius 2 is 2.25 bits per heavy atom. The van der Waals surface area contributed by atoms with Crippen molar-refractivity contribution >= 4 is 28.8 Å². The van der Waals surface area contributed by atoms with E-state index in [1.54, 1.807) is 0 Å². The summed E-state index contributed by atoms with van der Waals surface area (Å²) in [4.78, 5) is 12.9. The molecule has 0 radical (unpaired) electrons. The number of hydrogen-bond acceptors (Lipinski definition) is 3. The van der Waals surface area contributed by atoms with E-state index in [1.165, 1.54) is 11.3 Å². The molecule has 5 heteroatoms. The zero-order chi connectivity index (χ0) is 11.4. The first kappa shape index (κ1) is 11.9. The van der Waals surface area contributed by atoms with Crippen molar-refractivity contribution in [2.24, 2.45) is 5.92 Å². The molecule has 0 saturated carbocycles. The molecule has 2 rings (SSSR count). The zero-order valence-electron chi connectivity index (χ0n) is 8.96. The standard InChI is InChI=1S/C11H15ClN2OS/c12-10-2-1-9(16-10)7-14-11(15)8-3-5-13-6-4-8/h1-2,8,13H,3-7H2,(H,14,15). The van der Waals surface area contributed by atoms with Crippen LogP contribution in [0.3, 0.4) is 0 Å². The van der Waals surface area contributed by atoms with Crippen LogP contribution in [-0.4, -0.2) is 19.0 Å². The van der Waals surface area contributed by atoms with Gasteiger partial charge in [-0.1, -0.05) is 11.6 Å². The van der Waals surface area contributed by atoms with Crippen LogP contribution in [0.1, 0.15) is 17.7 Å². The highest BCUT2D eigenvalue weighted by atomic mass is 35.5. The quantitative estimate of drug-likeness (QED) is 0.871. The van der Waals surface area contributed by atoms with E-state index in [0.29, 0.717) is 6.54 Å². The molecule has 0 atom stereocenters. The van der Waals surface area contributed by atoms with Crippen molar-refractivity contribution in [1.82, 2.24) is 10.6 Å². The highest BCUT2D eigenvalue weighted by Crippen LogP contribution is 2.21. The van der Waals surface area contributed by atoms with E-state index >= 15 is 0 Å². The Hall–Kier alpha value is -0.580. The summed E-state index contributed by atoms with van der Waals surface area (Å²) < 4.78 is 0.770. The van der Waals surface area contributed by atoms with Gasteiger partial charge in [0, 0.05) is 10.8 Å². The number of carbonyl (C=O) groups excluding carboxylic acids is 1. The van der Waals surface area contributed by atoms with Gasteiger partial charge >= 0.3 is 0 Å². The third kappa shape index (κ3) is 3.20. The number of rotatable bonds is 3. The predicted octanol–water partition coefficient (Wildman–Crippen LogP) is 2.02. The summed E-state index contributed by atoms with van der Waals surface area (Å²) in [6, 6.07) is 3.81. The fourth-order valence-electron chi connectivity index (χ4n) is 1.85. The van der Waals surface area contributed by atoms with Crippen LogP contribution in [0.25, 0.3) is 0 Å². The summed E-state index contributed by atoms with van der Waals surface area (Å²) in [6.07, 6.45) is 1.88. The smallest absolute Gasteiger partial charge is 0.223 e. The predicted molar refractivity (Wildman–Crippen MR) is 66.8 cm³/mol. The molecule has 0 spiro atoms. The molecule has 0 aliphatic carbocycles. The highest BCUT2D eigenvalue weighted by molar-refractivity contribution is 7.16. The monoisotopic (exact) mass is 258 g/mol. The Kier molecular flexibility index (Phi) is 4.21. The lowest BCUT2D eigenvalue weighted by Gasteiger charge is -2.21. The Balaban J connectivity index is 1.78. The number of thiophene rings is 1. The number of nitrogens with one attached hydrogen (secondary N) is 2. The van der Waals surface area contributed by atoms with Gasteiger partial charge in [0.05, 0.1) is 10.9 Å². The first-order valence-corrected chi connectivity index (χ1v) is 6.68. The van der Waals surface area contributed by atoms with Crippen molar-refractivity contribution in [2.45, 2.75) is 19.4 Å². The van der Waals surface area contributed by atoms with Gasteiger partial charge < -0.3 is 10.6 Å². The molecule has 88 valence electrons. The van der Waals surface area contributed by atoms with Gasteiger partial charge in [-0.2, -0.15) is 0 Å². The minimum Gasteiger partial charge on any atom is -0.351 e. The van der Waals surface area contributed by atoms with E-state index in [0.717, 1.165) is 35.1 Å². The van der Waals surface area contributed by atoms with Crippen molar-refractivity contribution in [3.63, 3.8) is 0 Å². The molecule has 1 aliphatic heterocycles. The highest BCUT2D eigenvalue weighted by Gasteiger charge is 2.20. The first-order valence-electron chi connectivity index (χ1n) is 5.48. The molecule has 0 aromatic carbocycles. The molecule has 0 unspecified atom stereocenters. The van der Waals surface area contributed by atoms with Gasteiger partial charge in [0.25, 0.3) is 0 Å². The molecule has 16 heavy (non-hydrogen) atoms. The third-order valence-corrected chi connectivity index (χ3v) is 4.01. The van der Waals surface area contributed by atoms with Gasteiger partial charge in [0.1, 0.15) is 0 Å². The number of carbonyl (C=O) groups is 1. The lowest BCUT2D eigenvalue weighted by Crippen LogP contribution is -2.37. The van der Waals surface area contributed by atoms with Crippen molar-refractivity contribution in [3.05, 3.63) is 21.3 Å². The molecule has 1 amide bonds. The Labute approximate surface area is 104 Å². The second-order valence-electron chi connectivity index (χ2n) is 3.95. The maximum Gasteiger partial charge on any atom is 0.223 e. The molecule has 1 aliphatic rings. The van der Waals surface area contributed by atoms with Crippen LogP contribution >= 0.6 is 22.9 Å². The van der Waals surface area contributed by atoms with E-state index in [-0.39, 0.29) is 11.8 Å². The molecule has 1 aromatic heterocycles. The Morgan fingerprint density at radius 3 is 2.88 bits per heavy atom. The van der Waals surface area contributed by atoms with Crippen molar-refractivity contribution in [3.8, 4) is 0 Å². The number of amides is 1. The largest absolute Gasteiger partial charge is 0.351 e. The lowest BCUT2D eigenvalue weighted by molar-refractivity contribution is -0.125. The van der Waals surface area contributed by atoms with E-state index in [4.69, 9.17) is 11.6 Å². The van der Waals surface area contributed by atoms with Gasteiger partial charge in [-0.25, -0.2) is 0 Å². The third-order valence-electron chi connectivity index (χ3n) is 2.78. The van der Waals surface area contributed by atoms with Gasteiger partial charge in [0.15, 0.2) is 0 Å². The van der Waals surface area contributed by atoms with Crippen molar-refractivity contribution in [1.29, 1.82) is 0 Å². The van der Waals surface area contributed by atoms with Gasteiger partial charge in [-0.15, -0.1) is 11.3 Å². The number of hydrogen-bond donors (Lipinski definition) is 2. The van der Waals surface area contributed by atoms with Crippen LogP contribution < -0.4 is 10.6 Å². The van der Waals surface area contributed by atoms with Crippen LogP contribution in [0.2, 0.25) is 4.34 Å². The fourth-order valence-corrected chi connectivity index (χ4v) is 2.88. The average molecular weight is 259 g/mol. The minimum absolute atomic E-state index is 0.172. The van der Waals surface area contributed by atoms with E-state index in [2.05, 4.69) is 10.6 Å². The molecular formula is C11H15ClN2OS.